The Balaban J connectivity index is 1.22. The molecule has 0 atom stereocenters. The van der Waals surface area contributed by atoms with Crippen LogP contribution in [0.1, 0.15) is 61.7 Å². The Morgan fingerprint density at radius 2 is 1.68 bits per heavy atom. The fourth-order valence-corrected chi connectivity index (χ4v) is 7.41. The summed E-state index contributed by atoms with van der Waals surface area (Å²) in [5.41, 5.74) is 1.81. The van der Waals surface area contributed by atoms with E-state index >= 15 is 0 Å². The van der Waals surface area contributed by atoms with Crippen LogP contribution in [-0.2, 0) is 0 Å². The van der Waals surface area contributed by atoms with Crippen LogP contribution in [0, 0.1) is 23.2 Å². The normalized spacial score (nSPS) is 32.2. The summed E-state index contributed by atoms with van der Waals surface area (Å²) in [6.45, 7) is 2.27. The minimum Gasteiger partial charge on any atom is -0.465 e. The van der Waals surface area contributed by atoms with Gasteiger partial charge in [-0.1, -0.05) is 11.6 Å². The van der Waals surface area contributed by atoms with Gasteiger partial charge in [-0.2, -0.15) is 0 Å². The summed E-state index contributed by atoms with van der Waals surface area (Å²) in [5.74, 6) is 2.53. The Bertz CT molecular complexity index is 830. The zero-order valence-corrected chi connectivity index (χ0v) is 18.7. The first-order valence-corrected chi connectivity index (χ1v) is 12.1. The Kier molecular flexibility index (Phi) is 5.53. The highest BCUT2D eigenvalue weighted by Gasteiger charge is 2.50. The van der Waals surface area contributed by atoms with Gasteiger partial charge in [-0.3, -0.25) is 4.79 Å². The van der Waals surface area contributed by atoms with Crippen molar-refractivity contribution in [2.24, 2.45) is 23.2 Å². The Labute approximate surface area is 188 Å². The summed E-state index contributed by atoms with van der Waals surface area (Å²) >= 11 is 6.41. The number of amides is 2. The number of halogens is 1. The third-order valence-corrected chi connectivity index (χ3v) is 8.50. The van der Waals surface area contributed by atoms with Gasteiger partial charge in [0.1, 0.15) is 0 Å². The molecule has 5 fully saturated rings. The standard InChI is InChI=1S/C24H32ClN3O3/c25-21-2-1-19(28-5-3-18(4-6-28)27-23(30)31)10-20(21)22(29)26-14-24-11-15-7-16(12-24)9-17(8-15)13-24/h1-2,10,15-18,27H,3-9,11-14H2,(H,26,29)(H,30,31). The lowest BCUT2D eigenvalue weighted by Crippen LogP contribution is -2.51. The van der Waals surface area contributed by atoms with Crippen molar-refractivity contribution in [2.45, 2.75) is 57.4 Å². The van der Waals surface area contributed by atoms with Crippen LogP contribution in [0.25, 0.3) is 0 Å². The van der Waals surface area contributed by atoms with Gasteiger partial charge in [0.25, 0.3) is 5.91 Å². The number of nitrogens with zero attached hydrogens (tertiary/aromatic N) is 1. The summed E-state index contributed by atoms with van der Waals surface area (Å²) in [4.78, 5) is 26.1. The zero-order chi connectivity index (χ0) is 21.6. The number of nitrogens with one attached hydrogen (secondary N) is 2. The van der Waals surface area contributed by atoms with Crippen molar-refractivity contribution < 1.29 is 14.7 Å². The Hall–Kier alpha value is -1.95. The van der Waals surface area contributed by atoms with E-state index in [0.717, 1.165) is 55.9 Å². The quantitative estimate of drug-likeness (QED) is 0.622. The van der Waals surface area contributed by atoms with Crippen molar-refractivity contribution in [3.05, 3.63) is 28.8 Å². The molecule has 1 saturated heterocycles. The van der Waals surface area contributed by atoms with Gasteiger partial charge in [-0.25, -0.2) is 4.79 Å². The van der Waals surface area contributed by atoms with E-state index in [0.29, 0.717) is 16.0 Å². The number of carbonyl (C=O) groups excluding carboxylic acids is 1. The van der Waals surface area contributed by atoms with Gasteiger partial charge < -0.3 is 20.6 Å². The summed E-state index contributed by atoms with van der Waals surface area (Å²) in [6.07, 6.45) is 8.55. The SMILES string of the molecule is O=C(O)NC1CCN(c2ccc(Cl)c(C(=O)NCC34CC5CC(CC(C5)C3)C4)c2)CC1. The van der Waals surface area contributed by atoms with Crippen LogP contribution in [0.15, 0.2) is 18.2 Å². The molecule has 1 aromatic rings. The maximum Gasteiger partial charge on any atom is 0.404 e. The van der Waals surface area contributed by atoms with Crippen LogP contribution in [0.4, 0.5) is 10.5 Å². The van der Waals surface area contributed by atoms with Gasteiger partial charge in [0.05, 0.1) is 10.6 Å². The van der Waals surface area contributed by atoms with E-state index in [1.165, 1.54) is 38.5 Å². The summed E-state index contributed by atoms with van der Waals surface area (Å²) in [5, 5.41) is 15.2. The molecule has 4 saturated carbocycles. The molecule has 4 bridgehead atoms. The molecule has 31 heavy (non-hydrogen) atoms. The highest BCUT2D eigenvalue weighted by atomic mass is 35.5. The van der Waals surface area contributed by atoms with E-state index in [9.17, 15) is 9.59 Å². The summed E-state index contributed by atoms with van der Waals surface area (Å²) in [7, 11) is 0. The van der Waals surface area contributed by atoms with E-state index in [-0.39, 0.29) is 11.9 Å². The van der Waals surface area contributed by atoms with Crippen molar-refractivity contribution in [2.75, 3.05) is 24.5 Å². The van der Waals surface area contributed by atoms with Crippen molar-refractivity contribution >= 4 is 29.3 Å². The van der Waals surface area contributed by atoms with Crippen LogP contribution in [0.2, 0.25) is 5.02 Å². The number of carboxylic acid groups (broad SMARTS) is 1. The fraction of sp³-hybridized carbons (Fsp3) is 0.667. The largest absolute Gasteiger partial charge is 0.465 e. The van der Waals surface area contributed by atoms with Crippen LogP contribution in [0.5, 0.6) is 0 Å². The lowest BCUT2D eigenvalue weighted by Gasteiger charge is -2.56. The van der Waals surface area contributed by atoms with Crippen LogP contribution >= 0.6 is 11.6 Å². The molecule has 0 aromatic heterocycles. The van der Waals surface area contributed by atoms with Crippen LogP contribution in [0.3, 0.4) is 0 Å². The van der Waals surface area contributed by atoms with Crippen molar-refractivity contribution in [3.63, 3.8) is 0 Å². The molecule has 3 N–H and O–H groups in total. The molecule has 0 unspecified atom stereocenters. The molecule has 168 valence electrons. The third-order valence-electron chi connectivity index (χ3n) is 8.17. The summed E-state index contributed by atoms with van der Waals surface area (Å²) < 4.78 is 0. The fourth-order valence-electron chi connectivity index (χ4n) is 7.21. The van der Waals surface area contributed by atoms with E-state index < -0.39 is 6.09 Å². The average Bonchev–Trinajstić information content (AvgIpc) is 2.72. The van der Waals surface area contributed by atoms with Crippen LogP contribution < -0.4 is 15.5 Å². The second-order valence-electron chi connectivity index (χ2n) is 10.5. The van der Waals surface area contributed by atoms with E-state index in [1.807, 2.05) is 12.1 Å². The second-order valence-corrected chi connectivity index (χ2v) is 10.9. The molecule has 0 radical (unpaired) electrons. The van der Waals surface area contributed by atoms with E-state index in [4.69, 9.17) is 16.7 Å². The lowest BCUT2D eigenvalue weighted by atomic mass is 9.49. The number of piperidine rings is 1. The first-order valence-electron chi connectivity index (χ1n) is 11.7. The molecule has 5 aliphatic rings. The van der Waals surface area contributed by atoms with Gasteiger partial charge in [-0.05, 0) is 92.7 Å². The topological polar surface area (TPSA) is 81.7 Å². The number of anilines is 1. The van der Waals surface area contributed by atoms with Crippen molar-refractivity contribution in [3.8, 4) is 0 Å². The molecule has 6 nitrogen and oxygen atoms in total. The smallest absolute Gasteiger partial charge is 0.404 e. The van der Waals surface area contributed by atoms with E-state index in [1.54, 1.807) is 6.07 Å². The maximum atomic E-state index is 13.1. The number of hydrogen-bond donors (Lipinski definition) is 3. The average molecular weight is 446 g/mol. The molecule has 1 aromatic carbocycles. The molecule has 7 heteroatoms. The van der Waals surface area contributed by atoms with Crippen molar-refractivity contribution in [1.29, 1.82) is 0 Å². The van der Waals surface area contributed by atoms with Gasteiger partial charge in [0, 0.05) is 31.4 Å². The van der Waals surface area contributed by atoms with Gasteiger partial charge >= 0.3 is 6.09 Å². The highest BCUT2D eigenvalue weighted by Crippen LogP contribution is 2.59. The molecule has 6 rings (SSSR count). The number of benzene rings is 1. The zero-order valence-electron chi connectivity index (χ0n) is 17.9. The predicted molar refractivity (Wildman–Crippen MR) is 121 cm³/mol. The Morgan fingerprint density at radius 1 is 1.06 bits per heavy atom. The minimum atomic E-state index is -0.970. The second kappa shape index (κ2) is 8.19. The number of carbonyl (C=O) groups is 2. The van der Waals surface area contributed by atoms with Gasteiger partial charge in [0.15, 0.2) is 0 Å². The van der Waals surface area contributed by atoms with E-state index in [2.05, 4.69) is 15.5 Å². The molecular weight excluding hydrogens is 414 g/mol. The molecule has 1 heterocycles. The molecule has 2 amide bonds. The van der Waals surface area contributed by atoms with Gasteiger partial charge in [-0.15, -0.1) is 0 Å². The summed E-state index contributed by atoms with van der Waals surface area (Å²) in [6, 6.07) is 5.63. The first kappa shape index (κ1) is 20.9. The number of hydrogen-bond acceptors (Lipinski definition) is 3. The van der Waals surface area contributed by atoms with Crippen molar-refractivity contribution in [1.82, 2.24) is 10.6 Å². The number of rotatable bonds is 5. The third kappa shape index (κ3) is 4.36. The highest BCUT2D eigenvalue weighted by molar-refractivity contribution is 6.34. The maximum absolute atomic E-state index is 13.1. The Morgan fingerprint density at radius 3 is 2.26 bits per heavy atom. The first-order chi connectivity index (χ1) is 14.9. The monoisotopic (exact) mass is 445 g/mol. The minimum absolute atomic E-state index is 0.0101. The molecule has 1 aliphatic heterocycles. The van der Waals surface area contributed by atoms with Crippen LogP contribution in [-0.4, -0.2) is 42.8 Å². The molecular formula is C24H32ClN3O3. The molecule has 0 spiro atoms. The van der Waals surface area contributed by atoms with Gasteiger partial charge in [0.2, 0.25) is 0 Å². The predicted octanol–water partition coefficient (Wildman–Crippen LogP) is 4.52. The lowest BCUT2D eigenvalue weighted by molar-refractivity contribution is -0.0503. The molecule has 4 aliphatic carbocycles.